The van der Waals surface area contributed by atoms with Crippen molar-refractivity contribution in [1.29, 1.82) is 0 Å². The van der Waals surface area contributed by atoms with Gasteiger partial charge in [-0.1, -0.05) is 78.7 Å². The molecule has 0 bridgehead atoms. The van der Waals surface area contributed by atoms with Gasteiger partial charge in [-0.3, -0.25) is 9.88 Å². The lowest BCUT2D eigenvalue weighted by atomic mass is 9.55. The average molecular weight is 866 g/mol. The number of carbonyl (C=O) groups is 1. The Balaban J connectivity index is 1.44. The molecular formula is C50H60ClN3O8. The number of amides is 1. The molecule has 7 rings (SSSR count). The molecule has 11 nitrogen and oxygen atoms in total. The van der Waals surface area contributed by atoms with Crippen molar-refractivity contribution in [1.82, 2.24) is 9.88 Å². The fourth-order valence-electron chi connectivity index (χ4n) is 9.84. The van der Waals surface area contributed by atoms with Crippen molar-refractivity contribution in [2.24, 2.45) is 22.9 Å². The number of hydrogen-bond donors (Lipinski definition) is 2. The number of pyridine rings is 1. The summed E-state index contributed by atoms with van der Waals surface area (Å²) in [6.45, 7) is 9.11. The standard InChI is InChI=1S/C50H60ClN3O8/c1-4-27-60-50-46(54(49(57)58-28-24-51)32-37-18-13-17-35-15-6-7-20-40(35)37)31-44(53-61-5-2)42-29-36(16-8-10-25-55)41(21-9-11-26-56)47(48(42)50)43-30-39(22-23-45(43)62-50)59-33-38-19-12-14-34(3)52-38/h4,6-7,12-15,17-20,22-23,29-30,36,41,46-48,55-56H,1,5,8-11,16,21,24-28,31-33H2,2-3H3. The fourth-order valence-corrected chi connectivity index (χ4v) is 9.92. The van der Waals surface area contributed by atoms with E-state index in [1.165, 1.54) is 0 Å². The minimum atomic E-state index is -1.45. The maximum atomic E-state index is 14.7. The number of aliphatic hydroxyl groups excluding tert-OH is 2. The van der Waals surface area contributed by atoms with E-state index < -0.39 is 23.8 Å². The SMILES string of the molecule is C=CCOC12Oc3ccc(OCc4cccc(C)n4)cc3C3C(CCCCO)C(CCCCO)C=C(C(=NOCC)CC1N(Cc1cccc4ccccc14)C(=O)OCCCl)C32. The van der Waals surface area contributed by atoms with E-state index in [0.29, 0.717) is 36.7 Å². The van der Waals surface area contributed by atoms with Crippen LogP contribution in [0.3, 0.4) is 0 Å². The fraction of sp³-hybridized carbons (Fsp3) is 0.460. The molecule has 330 valence electrons. The summed E-state index contributed by atoms with van der Waals surface area (Å²) in [5, 5.41) is 26.8. The van der Waals surface area contributed by atoms with Gasteiger partial charge in [0.25, 0.3) is 0 Å². The first-order valence-electron chi connectivity index (χ1n) is 22.1. The van der Waals surface area contributed by atoms with Crippen molar-refractivity contribution in [3.8, 4) is 11.5 Å². The number of aryl methyl sites for hydroxylation is 1. The number of ether oxygens (including phenoxy) is 4. The summed E-state index contributed by atoms with van der Waals surface area (Å²) in [5.41, 5.74) is 5.30. The van der Waals surface area contributed by atoms with Crippen LogP contribution in [0.2, 0.25) is 0 Å². The van der Waals surface area contributed by atoms with Crippen LogP contribution in [-0.2, 0) is 27.5 Å². The van der Waals surface area contributed by atoms with Gasteiger partial charge in [0.05, 0.1) is 36.4 Å². The summed E-state index contributed by atoms with van der Waals surface area (Å²) >= 11 is 6.14. The van der Waals surface area contributed by atoms with Gasteiger partial charge in [-0.2, -0.15) is 0 Å². The molecule has 1 aliphatic heterocycles. The van der Waals surface area contributed by atoms with Crippen LogP contribution in [0.5, 0.6) is 11.5 Å². The molecule has 0 radical (unpaired) electrons. The third-order valence-electron chi connectivity index (χ3n) is 12.4. The van der Waals surface area contributed by atoms with E-state index in [2.05, 4.69) is 41.9 Å². The topological polar surface area (TPSA) is 132 Å². The van der Waals surface area contributed by atoms with Gasteiger partial charge in [-0.15, -0.1) is 18.2 Å². The highest BCUT2D eigenvalue weighted by Gasteiger charge is 2.65. The minimum absolute atomic E-state index is 0.0176. The predicted molar refractivity (Wildman–Crippen MR) is 241 cm³/mol. The van der Waals surface area contributed by atoms with Crippen molar-refractivity contribution in [2.45, 2.75) is 89.7 Å². The summed E-state index contributed by atoms with van der Waals surface area (Å²) in [6, 6.07) is 25.3. The number of rotatable bonds is 21. The highest BCUT2D eigenvalue weighted by Crippen LogP contribution is 2.62. The van der Waals surface area contributed by atoms with Gasteiger partial charge in [0.1, 0.15) is 37.4 Å². The molecule has 4 aromatic rings. The monoisotopic (exact) mass is 865 g/mol. The molecule has 62 heavy (non-hydrogen) atoms. The normalized spacial score (nSPS) is 23.1. The van der Waals surface area contributed by atoms with Crippen LogP contribution >= 0.6 is 11.6 Å². The lowest BCUT2D eigenvalue weighted by Crippen LogP contribution is -2.70. The van der Waals surface area contributed by atoms with Crippen LogP contribution in [0, 0.1) is 24.7 Å². The van der Waals surface area contributed by atoms with Gasteiger partial charge in [-0.25, -0.2) is 4.79 Å². The van der Waals surface area contributed by atoms with Gasteiger partial charge in [0.15, 0.2) is 0 Å². The van der Waals surface area contributed by atoms with Crippen LogP contribution in [0.4, 0.5) is 4.79 Å². The van der Waals surface area contributed by atoms with Crippen molar-refractivity contribution in [3.05, 3.63) is 126 Å². The minimum Gasteiger partial charge on any atom is -0.487 e. The molecule has 3 aromatic carbocycles. The summed E-state index contributed by atoms with van der Waals surface area (Å²) in [6.07, 6.45) is 8.37. The number of aromatic nitrogens is 1. The summed E-state index contributed by atoms with van der Waals surface area (Å²) in [7, 11) is 0. The second-order valence-electron chi connectivity index (χ2n) is 16.3. The third-order valence-corrected chi connectivity index (χ3v) is 12.6. The van der Waals surface area contributed by atoms with Gasteiger partial charge in [0.2, 0.25) is 5.79 Å². The van der Waals surface area contributed by atoms with Crippen molar-refractivity contribution in [3.63, 3.8) is 0 Å². The maximum Gasteiger partial charge on any atom is 0.410 e. The molecule has 3 aliphatic rings. The van der Waals surface area contributed by atoms with Gasteiger partial charge in [-0.05, 0) is 104 Å². The maximum absolute atomic E-state index is 14.7. The van der Waals surface area contributed by atoms with E-state index >= 15 is 0 Å². The predicted octanol–water partition coefficient (Wildman–Crippen LogP) is 9.65. The first kappa shape index (κ1) is 45.1. The molecule has 6 atom stereocenters. The zero-order valence-electron chi connectivity index (χ0n) is 35.9. The second-order valence-corrected chi connectivity index (χ2v) is 16.7. The largest absolute Gasteiger partial charge is 0.487 e. The Morgan fingerprint density at radius 1 is 1.03 bits per heavy atom. The summed E-state index contributed by atoms with van der Waals surface area (Å²) in [5.74, 6) is -0.563. The number of benzene rings is 3. The first-order chi connectivity index (χ1) is 30.3. The lowest BCUT2D eigenvalue weighted by Gasteiger charge is -2.59. The Morgan fingerprint density at radius 2 is 1.82 bits per heavy atom. The summed E-state index contributed by atoms with van der Waals surface area (Å²) < 4.78 is 26.9. The Hall–Kier alpha value is -4.94. The quantitative estimate of drug-likeness (QED) is 0.0364. The molecule has 6 unspecified atom stereocenters. The number of oxime groups is 1. The Bertz CT molecular complexity index is 2210. The molecule has 2 heterocycles. The first-order valence-corrected chi connectivity index (χ1v) is 22.6. The van der Waals surface area contributed by atoms with E-state index in [1.54, 1.807) is 11.0 Å². The molecule has 0 saturated heterocycles. The molecule has 1 amide bonds. The highest BCUT2D eigenvalue weighted by molar-refractivity contribution is 6.18. The van der Waals surface area contributed by atoms with Gasteiger partial charge >= 0.3 is 6.09 Å². The third kappa shape index (κ3) is 9.81. The molecule has 2 aliphatic carbocycles. The molecular weight excluding hydrogens is 806 g/mol. The number of aliphatic hydroxyl groups is 2. The van der Waals surface area contributed by atoms with Crippen molar-refractivity contribution >= 4 is 34.2 Å². The van der Waals surface area contributed by atoms with Crippen LogP contribution in [0.1, 0.15) is 80.3 Å². The highest BCUT2D eigenvalue weighted by atomic mass is 35.5. The Morgan fingerprint density at radius 3 is 2.60 bits per heavy atom. The molecule has 12 heteroatoms. The van der Waals surface area contributed by atoms with E-state index in [9.17, 15) is 15.0 Å². The molecule has 2 N–H and O–H groups in total. The number of allylic oxidation sites excluding steroid dienone is 1. The van der Waals surface area contributed by atoms with E-state index in [-0.39, 0.29) is 69.6 Å². The number of halogens is 1. The molecule has 1 fully saturated rings. The number of nitrogens with zero attached hydrogens (tertiary/aromatic N) is 3. The average Bonchev–Trinajstić information content (AvgIpc) is 3.29. The number of unbranched alkanes of at least 4 members (excludes halogenated alkanes) is 2. The summed E-state index contributed by atoms with van der Waals surface area (Å²) in [4.78, 5) is 27.0. The second kappa shape index (κ2) is 21.4. The zero-order chi connectivity index (χ0) is 43.5. The van der Waals surface area contributed by atoms with Gasteiger partial charge in [0, 0.05) is 36.8 Å². The number of carbonyl (C=O) groups excluding carboxylic acids is 1. The van der Waals surface area contributed by atoms with Crippen molar-refractivity contribution in [2.75, 3.05) is 38.9 Å². The number of hydrogen-bond acceptors (Lipinski definition) is 10. The van der Waals surface area contributed by atoms with Gasteiger partial charge < -0.3 is 34.0 Å². The van der Waals surface area contributed by atoms with Crippen LogP contribution in [0.25, 0.3) is 10.8 Å². The number of alkyl halides is 1. The molecule has 1 saturated carbocycles. The molecule has 1 aromatic heterocycles. The molecule has 0 spiro atoms. The van der Waals surface area contributed by atoms with E-state index in [0.717, 1.165) is 64.5 Å². The van der Waals surface area contributed by atoms with E-state index in [4.69, 9.17) is 40.5 Å². The Kier molecular flexibility index (Phi) is 15.6. The van der Waals surface area contributed by atoms with E-state index in [1.807, 2.05) is 68.4 Å². The number of fused-ring (bicyclic) bond motifs is 3. The van der Waals surface area contributed by atoms with Crippen LogP contribution in [-0.4, -0.2) is 82.6 Å². The zero-order valence-corrected chi connectivity index (χ0v) is 36.7. The Labute approximate surface area is 370 Å². The smallest absolute Gasteiger partial charge is 0.410 e. The van der Waals surface area contributed by atoms with Crippen LogP contribution in [0.15, 0.2) is 108 Å². The van der Waals surface area contributed by atoms with Crippen molar-refractivity contribution < 1.29 is 38.8 Å². The lowest BCUT2D eigenvalue weighted by molar-refractivity contribution is -0.256. The van der Waals surface area contributed by atoms with Crippen LogP contribution < -0.4 is 9.47 Å².